The molecule has 0 radical (unpaired) electrons. The summed E-state index contributed by atoms with van der Waals surface area (Å²) in [7, 11) is 4.67. The molecule has 0 saturated carbocycles. The number of nitrogens with two attached hydrogens (primary N) is 2. The predicted molar refractivity (Wildman–Crippen MR) is 463 cm³/mol. The lowest BCUT2D eigenvalue weighted by Crippen LogP contribution is -2.34. The number of benzene rings is 10. The van der Waals surface area contributed by atoms with Gasteiger partial charge in [0.1, 0.15) is 23.8 Å². The summed E-state index contributed by atoms with van der Waals surface area (Å²) >= 11 is 48.5. The zero-order chi connectivity index (χ0) is 83.5. The third-order valence-corrected chi connectivity index (χ3v) is 20.2. The normalized spacial score (nSPS) is 11.9. The lowest BCUT2D eigenvalue weighted by molar-refractivity contribution is -0.120. The number of carbonyl (C=O) groups is 8. The van der Waals surface area contributed by atoms with E-state index in [0.29, 0.717) is 91.6 Å². The van der Waals surface area contributed by atoms with Gasteiger partial charge in [-0.25, -0.2) is 4.79 Å². The molecule has 12 rings (SSSR count). The minimum Gasteiger partial charge on any atom is -0.465 e. The summed E-state index contributed by atoms with van der Waals surface area (Å²) in [6, 6.07) is 74.7. The minimum absolute atomic E-state index is 0.0616. The second kappa shape index (κ2) is 43.3. The first-order valence-electron chi connectivity index (χ1n) is 34.7. The van der Waals surface area contributed by atoms with Crippen LogP contribution in [0.15, 0.2) is 304 Å². The summed E-state index contributed by atoms with van der Waals surface area (Å²) in [5.41, 5.74) is 19.4. The van der Waals surface area contributed by atoms with E-state index in [4.69, 9.17) is 97.4 Å². The molecule has 0 aliphatic heterocycles. The number of aliphatic imine (C=N–C) groups is 2. The van der Waals surface area contributed by atoms with E-state index in [-0.39, 0.29) is 40.0 Å². The Morgan fingerprint density at radius 3 is 1.02 bits per heavy atom. The third kappa shape index (κ3) is 25.5. The lowest BCUT2D eigenvalue weighted by Gasteiger charge is -2.20. The van der Waals surface area contributed by atoms with Gasteiger partial charge in [0.05, 0.1) is 71.8 Å². The van der Waals surface area contributed by atoms with Crippen molar-refractivity contribution in [2.24, 2.45) is 21.5 Å². The fourth-order valence-corrected chi connectivity index (χ4v) is 12.3. The van der Waals surface area contributed by atoms with Gasteiger partial charge in [0.15, 0.2) is 0 Å². The number of amides is 7. The molecule has 2 heterocycles. The summed E-state index contributed by atoms with van der Waals surface area (Å²) in [5, 5.41) is 13.7. The van der Waals surface area contributed by atoms with E-state index in [1.165, 1.54) is 60.8 Å². The van der Waals surface area contributed by atoms with Gasteiger partial charge in [0, 0.05) is 73.8 Å². The maximum absolute atomic E-state index is 13.0. The largest absolute Gasteiger partial charge is 0.465 e. The van der Waals surface area contributed by atoms with Gasteiger partial charge in [-0.1, -0.05) is 265 Å². The van der Waals surface area contributed by atoms with Gasteiger partial charge in [0.2, 0.25) is 0 Å². The molecule has 20 nitrogen and oxygen atoms in total. The summed E-state index contributed by atoms with van der Waals surface area (Å²) in [6.45, 7) is 0. The maximum Gasteiger partial charge on any atom is 0.339 e. The molecule has 29 heteroatoms. The molecule has 2 unspecified atom stereocenters. The number of ether oxygens (including phenoxy) is 1. The number of methoxy groups -OCH3 is 1. The number of hydrogen-bond donors (Lipinski definition) is 6. The first-order chi connectivity index (χ1) is 55.6. The fourth-order valence-electron chi connectivity index (χ4n) is 10.7. The van der Waals surface area contributed by atoms with Gasteiger partial charge in [-0.05, 0) is 144 Å². The fraction of sp³-hybridized carbons (Fsp3) is 0.0805. The van der Waals surface area contributed by atoms with E-state index in [2.05, 4.69) is 73.1 Å². The number of halogens is 9. The molecule has 0 aliphatic carbocycles. The number of rotatable bonds is 20. The van der Waals surface area contributed by atoms with Crippen LogP contribution < -0.4 is 32.7 Å². The van der Waals surface area contributed by atoms with Gasteiger partial charge in [0.25, 0.3) is 41.4 Å². The number of hydrogen-bond acceptors (Lipinski definition) is 11. The van der Waals surface area contributed by atoms with Crippen molar-refractivity contribution in [2.75, 3.05) is 21.2 Å². The minimum atomic E-state index is -1.04. The van der Waals surface area contributed by atoms with Gasteiger partial charge >= 0.3 is 5.97 Å². The van der Waals surface area contributed by atoms with E-state index in [1.807, 2.05) is 72.8 Å². The molecule has 12 aromatic rings. The van der Waals surface area contributed by atoms with Crippen LogP contribution in [0, 0.1) is 0 Å². The van der Waals surface area contributed by atoms with Crippen LogP contribution in [0.1, 0.15) is 131 Å². The average molecular weight is 1820 g/mol. The van der Waals surface area contributed by atoms with E-state index in [9.17, 15) is 38.4 Å². The van der Waals surface area contributed by atoms with Crippen LogP contribution in [-0.4, -0.2) is 95.1 Å². The third-order valence-electron chi connectivity index (χ3n) is 16.7. The smallest absolute Gasteiger partial charge is 0.339 e. The number of carbonyl (C=O) groups excluding carboxylic acids is 8. The van der Waals surface area contributed by atoms with Crippen LogP contribution in [-0.2, 0) is 14.3 Å². The number of amidine groups is 2. The second-order valence-corrected chi connectivity index (χ2v) is 29.7. The molecule has 116 heavy (non-hydrogen) atoms. The Morgan fingerprint density at radius 1 is 0.362 bits per heavy atom. The molecule has 2 aromatic heterocycles. The molecule has 10 aromatic carbocycles. The van der Waals surface area contributed by atoms with Crippen LogP contribution in [0.2, 0.25) is 35.2 Å². The van der Waals surface area contributed by atoms with Gasteiger partial charge < -0.3 is 42.4 Å². The van der Waals surface area contributed by atoms with Crippen molar-refractivity contribution in [3.8, 4) is 0 Å². The molecule has 0 spiro atoms. The molecule has 588 valence electrons. The number of aromatic nitrogens is 2. The molecule has 4 atom stereocenters. The maximum atomic E-state index is 13.0. The van der Waals surface area contributed by atoms with Crippen molar-refractivity contribution in [3.63, 3.8) is 0 Å². The molecule has 8 N–H and O–H groups in total. The summed E-state index contributed by atoms with van der Waals surface area (Å²) in [5.74, 6) is -3.24. The standard InChI is InChI=1S/C22H16BrCl2N3O2.C22H17BrClN3O2.C22H19Cl2N3O2.C21H16Cl2N2O3/c23-16-9-6-13(7-10-16)19(22(30)28-20(26)14-4-2-1-3-5-14)27-21(29)15-8-11-17(24)18(25)12-15;23-17-11-9-14(10-12-17)19(26-21(28)16-7-4-8-18(24)13-16)22(29)27-20(25)15-5-2-1-3-6-15;1-27(2)22(29)16-9-11-19(25-13-16)20(14-6-4-3-5-7-14)26-21(28)15-8-10-17(23)18(24)12-15;1-28-21(27)15-8-10-18(24-12-15)19(13-5-3-2-4-6-13)25-20(26)14-7-9-16(22)17(23)11-14/h1-12,19H,(H,27,29)(H2,26,28,30);1-13,19H,(H,26,28)(H2,25,27,29);3-13,20H,1-2H3,(H,26,28);2-12,19H,1H3,(H,25,26)/t;;20-;19-/m..00/s1. The summed E-state index contributed by atoms with van der Waals surface area (Å²) in [6.07, 6.45) is 2.93. The monoisotopic (exact) mass is 1810 g/mol. The Balaban J connectivity index is 0.000000177. The van der Waals surface area contributed by atoms with Crippen molar-refractivity contribution in [3.05, 3.63) is 408 Å². The average Bonchev–Trinajstić information content (AvgIpc) is 0.686. The number of esters is 1. The Bertz CT molecular complexity index is 5540. The molecule has 0 bridgehead atoms. The molecular weight excluding hydrogens is 1750 g/mol. The van der Waals surface area contributed by atoms with E-state index >= 15 is 0 Å². The molecular formula is C87H68Br2Cl7N11O9. The quantitative estimate of drug-likeness (QED) is 0.0235. The van der Waals surface area contributed by atoms with Crippen molar-refractivity contribution in [1.82, 2.24) is 36.1 Å². The van der Waals surface area contributed by atoms with Crippen LogP contribution in [0.4, 0.5) is 0 Å². The van der Waals surface area contributed by atoms with Gasteiger partial charge in [-0.3, -0.25) is 43.5 Å². The van der Waals surface area contributed by atoms with Crippen LogP contribution in [0.25, 0.3) is 0 Å². The Morgan fingerprint density at radius 2 is 0.690 bits per heavy atom. The molecule has 0 aliphatic rings. The first-order valence-corrected chi connectivity index (χ1v) is 38.9. The van der Waals surface area contributed by atoms with E-state index in [0.717, 1.165) is 20.1 Å². The van der Waals surface area contributed by atoms with Gasteiger partial charge in [-0.15, -0.1) is 0 Å². The van der Waals surface area contributed by atoms with E-state index < -0.39 is 53.8 Å². The highest BCUT2D eigenvalue weighted by atomic mass is 79.9. The highest BCUT2D eigenvalue weighted by molar-refractivity contribution is 9.10. The number of pyridine rings is 2. The van der Waals surface area contributed by atoms with Crippen molar-refractivity contribution >= 4 is 172 Å². The first kappa shape index (κ1) is 88.5. The van der Waals surface area contributed by atoms with Gasteiger partial charge in [-0.2, -0.15) is 9.98 Å². The zero-order valence-electron chi connectivity index (χ0n) is 61.4. The highest BCUT2D eigenvalue weighted by Gasteiger charge is 2.28. The van der Waals surface area contributed by atoms with Crippen LogP contribution in [0.3, 0.4) is 0 Å². The topological polar surface area (TPSA) is 300 Å². The van der Waals surface area contributed by atoms with Crippen molar-refractivity contribution in [1.29, 1.82) is 0 Å². The molecule has 7 amide bonds. The molecule has 0 fully saturated rings. The number of nitrogens with one attached hydrogen (secondary N) is 4. The van der Waals surface area contributed by atoms with Crippen molar-refractivity contribution in [2.45, 2.75) is 24.2 Å². The van der Waals surface area contributed by atoms with Crippen LogP contribution in [0.5, 0.6) is 0 Å². The second-order valence-electron chi connectivity index (χ2n) is 25.0. The molecule has 0 saturated heterocycles. The van der Waals surface area contributed by atoms with E-state index in [1.54, 1.807) is 178 Å². The Kier molecular flexibility index (Phi) is 33.1. The summed E-state index contributed by atoms with van der Waals surface area (Å²) < 4.78 is 6.37. The number of nitrogens with zero attached hydrogens (tertiary/aromatic N) is 5. The Labute approximate surface area is 719 Å². The van der Waals surface area contributed by atoms with Crippen LogP contribution >= 0.6 is 113 Å². The Hall–Kier alpha value is -11.4. The zero-order valence-corrected chi connectivity index (χ0v) is 69.9. The highest BCUT2D eigenvalue weighted by Crippen LogP contribution is 2.30. The van der Waals surface area contributed by atoms with Crippen molar-refractivity contribution < 1.29 is 43.1 Å². The SMILES string of the molecule is CN(C)C(=O)c1ccc([C@@H](NC(=O)c2ccc(Cl)c(Cl)c2)c2ccccc2)nc1.COC(=O)c1ccc([C@@H](NC(=O)c2ccc(Cl)c(Cl)c2)c2ccccc2)nc1.NC(=NC(=O)C(NC(=O)c1ccc(Cl)c(Cl)c1)c1ccc(Br)cc1)c1ccccc1.NC(=NC(=O)C(NC(=O)c1cccc(Cl)c1)c1ccc(Br)cc1)c1ccccc1. The summed E-state index contributed by atoms with van der Waals surface area (Å²) in [4.78, 5) is 119. The lowest BCUT2D eigenvalue weighted by atomic mass is 10.0. The predicted octanol–water partition coefficient (Wildman–Crippen LogP) is 19.0.